The Bertz CT molecular complexity index is 1110. The number of nitrogens with one attached hydrogen (secondary N) is 1. The first kappa shape index (κ1) is 29.3. The van der Waals surface area contributed by atoms with Gasteiger partial charge in [-0.15, -0.1) is 0 Å². The standard InChI is InChI=1S/C23H33N.C9H7F4NO/c1-18-17-24(22-12-14-23(2,16-22)21-10-11-21)15-13-20(18)9-8-19-6-4-3-5-7-19;10-8-2-6(4-14-5-15)1-7(3-8)9(11,12)13/h3-9,18,20-22H,10-17H2,1-2H3;1-3,5H,4H2,(H,14,15)/b9-8-;. The lowest BCUT2D eigenvalue weighted by Gasteiger charge is -2.40. The number of benzene rings is 2. The molecule has 2 aromatic rings. The van der Waals surface area contributed by atoms with Gasteiger partial charge < -0.3 is 10.2 Å². The van der Waals surface area contributed by atoms with Gasteiger partial charge in [-0.1, -0.05) is 56.3 Å². The molecule has 5 rings (SSSR count). The fourth-order valence-electron chi connectivity index (χ4n) is 6.39. The zero-order valence-electron chi connectivity index (χ0n) is 22.9. The number of hydrogen-bond acceptors (Lipinski definition) is 2. The van der Waals surface area contributed by atoms with E-state index in [-0.39, 0.29) is 12.1 Å². The maximum Gasteiger partial charge on any atom is 0.416 e. The summed E-state index contributed by atoms with van der Waals surface area (Å²) in [6.07, 6.45) is 9.29. The lowest BCUT2D eigenvalue weighted by atomic mass is 9.82. The van der Waals surface area contributed by atoms with Crippen LogP contribution < -0.4 is 5.32 Å². The molecule has 1 N–H and O–H groups in total. The van der Waals surface area contributed by atoms with Gasteiger partial charge >= 0.3 is 6.18 Å². The van der Waals surface area contributed by atoms with E-state index in [1.165, 1.54) is 57.2 Å². The number of alkyl halides is 3. The van der Waals surface area contributed by atoms with Gasteiger partial charge in [-0.25, -0.2) is 4.39 Å². The highest BCUT2D eigenvalue weighted by atomic mass is 19.4. The predicted molar refractivity (Wildman–Crippen MR) is 147 cm³/mol. The van der Waals surface area contributed by atoms with Gasteiger partial charge in [0.2, 0.25) is 6.41 Å². The van der Waals surface area contributed by atoms with Gasteiger partial charge in [-0.2, -0.15) is 13.2 Å². The Morgan fingerprint density at radius 2 is 1.82 bits per heavy atom. The van der Waals surface area contributed by atoms with Crippen LogP contribution in [0.15, 0.2) is 54.6 Å². The van der Waals surface area contributed by atoms with E-state index >= 15 is 0 Å². The predicted octanol–water partition coefficient (Wildman–Crippen LogP) is 7.72. The number of rotatable bonds is 7. The molecule has 3 nitrogen and oxygen atoms in total. The van der Waals surface area contributed by atoms with Crippen molar-refractivity contribution in [3.05, 3.63) is 77.1 Å². The Balaban J connectivity index is 0.000000204. The summed E-state index contributed by atoms with van der Waals surface area (Å²) in [5.74, 6) is 1.61. The summed E-state index contributed by atoms with van der Waals surface area (Å²) in [6.45, 7) is 7.50. The maximum atomic E-state index is 12.8. The second-order valence-corrected chi connectivity index (χ2v) is 11.9. The molecule has 0 spiro atoms. The number of allylic oxidation sites excluding steroid dienone is 1. The highest BCUT2D eigenvalue weighted by molar-refractivity contribution is 5.49. The third-order valence-electron chi connectivity index (χ3n) is 8.84. The molecule has 3 fully saturated rings. The molecule has 2 saturated carbocycles. The second-order valence-electron chi connectivity index (χ2n) is 11.9. The monoisotopic (exact) mass is 544 g/mol. The molecule has 1 heterocycles. The highest BCUT2D eigenvalue weighted by Gasteiger charge is 2.47. The van der Waals surface area contributed by atoms with Crippen molar-refractivity contribution < 1.29 is 22.4 Å². The average molecular weight is 545 g/mol. The van der Waals surface area contributed by atoms with E-state index in [0.717, 1.165) is 35.9 Å². The number of halogens is 4. The van der Waals surface area contributed by atoms with Gasteiger partial charge in [0, 0.05) is 19.1 Å². The van der Waals surface area contributed by atoms with Crippen LogP contribution in [-0.4, -0.2) is 30.4 Å². The molecule has 7 heteroatoms. The summed E-state index contributed by atoms with van der Waals surface area (Å²) in [6, 6.07) is 13.8. The van der Waals surface area contributed by atoms with Crippen LogP contribution in [0.4, 0.5) is 17.6 Å². The molecule has 2 aliphatic carbocycles. The normalized spacial score (nSPS) is 27.7. The smallest absolute Gasteiger partial charge is 0.355 e. The third-order valence-corrected chi connectivity index (χ3v) is 8.84. The molecule has 2 aromatic carbocycles. The van der Waals surface area contributed by atoms with Crippen LogP contribution in [0.5, 0.6) is 0 Å². The molecule has 0 aromatic heterocycles. The number of piperidine rings is 1. The van der Waals surface area contributed by atoms with Crippen molar-refractivity contribution in [2.24, 2.45) is 23.2 Å². The van der Waals surface area contributed by atoms with Crippen LogP contribution in [0.2, 0.25) is 0 Å². The van der Waals surface area contributed by atoms with Crippen LogP contribution in [-0.2, 0) is 17.5 Å². The zero-order chi connectivity index (χ0) is 28.0. The Labute approximate surface area is 229 Å². The van der Waals surface area contributed by atoms with Gasteiger partial charge in [0.15, 0.2) is 0 Å². The number of likely N-dealkylation sites (tertiary alicyclic amines) is 1. The van der Waals surface area contributed by atoms with E-state index in [9.17, 15) is 22.4 Å². The molecule has 1 saturated heterocycles. The van der Waals surface area contributed by atoms with E-state index in [2.05, 4.69) is 66.5 Å². The summed E-state index contributed by atoms with van der Waals surface area (Å²) in [4.78, 5) is 12.8. The zero-order valence-corrected chi connectivity index (χ0v) is 22.9. The van der Waals surface area contributed by atoms with E-state index in [1.54, 1.807) is 0 Å². The summed E-state index contributed by atoms with van der Waals surface area (Å²) < 4.78 is 49.4. The Morgan fingerprint density at radius 3 is 2.46 bits per heavy atom. The average Bonchev–Trinajstić information content (AvgIpc) is 3.69. The van der Waals surface area contributed by atoms with Crippen molar-refractivity contribution in [3.63, 3.8) is 0 Å². The lowest BCUT2D eigenvalue weighted by molar-refractivity contribution is -0.137. The van der Waals surface area contributed by atoms with Crippen molar-refractivity contribution >= 4 is 12.5 Å². The molecular weight excluding hydrogens is 504 g/mol. The van der Waals surface area contributed by atoms with E-state index in [4.69, 9.17) is 0 Å². The first-order chi connectivity index (χ1) is 18.6. The minimum atomic E-state index is -4.59. The van der Waals surface area contributed by atoms with Gasteiger partial charge in [0.1, 0.15) is 5.82 Å². The molecule has 0 bridgehead atoms. The summed E-state index contributed by atoms with van der Waals surface area (Å²) in [7, 11) is 0. The topological polar surface area (TPSA) is 32.3 Å². The van der Waals surface area contributed by atoms with Crippen molar-refractivity contribution in [2.75, 3.05) is 13.1 Å². The van der Waals surface area contributed by atoms with Gasteiger partial charge in [-0.3, -0.25) is 4.79 Å². The fraction of sp³-hybridized carbons (Fsp3) is 0.531. The van der Waals surface area contributed by atoms with E-state index in [0.29, 0.717) is 17.9 Å². The molecule has 3 aliphatic rings. The van der Waals surface area contributed by atoms with Crippen molar-refractivity contribution in [2.45, 2.75) is 71.1 Å². The summed E-state index contributed by atoms with van der Waals surface area (Å²) in [5, 5.41) is 2.16. The van der Waals surface area contributed by atoms with Gasteiger partial charge in [-0.05, 0) is 97.6 Å². The van der Waals surface area contributed by atoms with Crippen LogP contribution in [0.1, 0.15) is 69.1 Å². The van der Waals surface area contributed by atoms with Crippen molar-refractivity contribution in [3.8, 4) is 0 Å². The number of carbonyl (C=O) groups excluding carboxylic acids is 1. The first-order valence-electron chi connectivity index (χ1n) is 14.1. The molecule has 1 aliphatic heterocycles. The largest absolute Gasteiger partial charge is 0.416 e. The van der Waals surface area contributed by atoms with Crippen LogP contribution in [0.3, 0.4) is 0 Å². The SMILES string of the molecule is CC1CN(C2CCC(C)(C3CC3)C2)CCC1/C=C\c1ccccc1.O=CNCc1cc(F)cc(C(F)(F)F)c1. The third kappa shape index (κ3) is 8.17. The number of nitrogens with zero attached hydrogens (tertiary/aromatic N) is 1. The quantitative estimate of drug-likeness (QED) is 0.286. The van der Waals surface area contributed by atoms with Crippen LogP contribution >= 0.6 is 0 Å². The van der Waals surface area contributed by atoms with Crippen LogP contribution in [0.25, 0.3) is 6.08 Å². The molecular formula is C32H40F4N2O. The van der Waals surface area contributed by atoms with Gasteiger partial charge in [0.25, 0.3) is 0 Å². The molecule has 1 amide bonds. The molecule has 212 valence electrons. The minimum Gasteiger partial charge on any atom is -0.355 e. The molecule has 39 heavy (non-hydrogen) atoms. The fourth-order valence-corrected chi connectivity index (χ4v) is 6.39. The lowest BCUT2D eigenvalue weighted by Crippen LogP contribution is -2.44. The Kier molecular flexibility index (Phi) is 9.52. The van der Waals surface area contributed by atoms with Gasteiger partial charge in [0.05, 0.1) is 5.56 Å². The molecule has 4 atom stereocenters. The number of amides is 1. The minimum absolute atomic E-state index is 0.0643. The number of carbonyl (C=O) groups is 1. The highest BCUT2D eigenvalue weighted by Crippen LogP contribution is 2.55. The summed E-state index contributed by atoms with van der Waals surface area (Å²) in [5.41, 5.74) is 1.01. The van der Waals surface area contributed by atoms with E-state index < -0.39 is 17.6 Å². The van der Waals surface area contributed by atoms with Crippen molar-refractivity contribution in [1.82, 2.24) is 10.2 Å². The molecule has 0 radical (unpaired) electrons. The summed E-state index contributed by atoms with van der Waals surface area (Å²) >= 11 is 0. The molecule has 4 unspecified atom stereocenters. The maximum absolute atomic E-state index is 12.8. The second kappa shape index (κ2) is 12.7. The number of hydrogen-bond donors (Lipinski definition) is 1. The Hall–Kier alpha value is -2.67. The van der Waals surface area contributed by atoms with Crippen molar-refractivity contribution in [1.29, 1.82) is 0 Å². The van der Waals surface area contributed by atoms with Crippen LogP contribution in [0, 0.1) is 29.0 Å². The first-order valence-corrected chi connectivity index (χ1v) is 14.1. The van der Waals surface area contributed by atoms with E-state index in [1.807, 2.05) is 0 Å². The Morgan fingerprint density at radius 1 is 1.08 bits per heavy atom.